The van der Waals surface area contributed by atoms with Gasteiger partial charge in [-0.3, -0.25) is 0 Å². The minimum atomic E-state index is -1.18. The van der Waals surface area contributed by atoms with Crippen molar-refractivity contribution in [1.29, 1.82) is 0 Å². The van der Waals surface area contributed by atoms with E-state index in [1.165, 1.54) is 10.6 Å². The first-order valence-corrected chi connectivity index (χ1v) is 12.0. The molecule has 0 aromatic heterocycles. The van der Waals surface area contributed by atoms with Gasteiger partial charge in [0.15, 0.2) is 0 Å². The topological polar surface area (TPSA) is 29.5 Å². The number of benzene rings is 3. The van der Waals surface area contributed by atoms with Crippen molar-refractivity contribution in [3.05, 3.63) is 90.5 Å². The average Bonchev–Trinajstić information content (AvgIpc) is 2.74. The number of hydrogen-bond acceptors (Lipinski definition) is 2. The van der Waals surface area contributed by atoms with Gasteiger partial charge >= 0.3 is 0 Å². The van der Waals surface area contributed by atoms with E-state index in [9.17, 15) is 4.21 Å². The highest BCUT2D eigenvalue weighted by molar-refractivity contribution is 7.93. The lowest BCUT2D eigenvalue weighted by Gasteiger charge is -2.35. The van der Waals surface area contributed by atoms with E-state index in [4.69, 9.17) is 4.74 Å². The summed E-state index contributed by atoms with van der Waals surface area (Å²) in [7, 11) is -0.467. The van der Waals surface area contributed by atoms with Crippen molar-refractivity contribution < 1.29 is 8.95 Å². The fraction of sp³-hybridized carbons (Fsp3) is 0.250. The van der Waals surface area contributed by atoms with E-state index in [1.807, 2.05) is 45.0 Å². The van der Waals surface area contributed by atoms with E-state index in [1.54, 1.807) is 7.11 Å². The first kappa shape index (κ1) is 21.7. The molecule has 0 aliphatic heterocycles. The maximum atomic E-state index is 13.7. The van der Waals surface area contributed by atoms with E-state index < -0.39 is 19.1 Å². The fourth-order valence-corrected chi connectivity index (χ4v) is 7.77. The summed E-state index contributed by atoms with van der Waals surface area (Å²) in [5.41, 5.74) is 1.11. The molecule has 3 nitrogen and oxygen atoms in total. The summed E-state index contributed by atoms with van der Waals surface area (Å²) in [6, 6.07) is 28.8. The Balaban J connectivity index is 2.08. The van der Waals surface area contributed by atoms with Crippen LogP contribution in [0.3, 0.4) is 0 Å². The lowest BCUT2D eigenvalue weighted by atomic mass is 10.2. The Morgan fingerprint density at radius 1 is 0.828 bits per heavy atom. The highest BCUT2D eigenvalue weighted by atomic mass is 32.2. The van der Waals surface area contributed by atoms with Crippen molar-refractivity contribution in [2.45, 2.75) is 32.1 Å². The van der Waals surface area contributed by atoms with Crippen LogP contribution in [0.5, 0.6) is 5.75 Å². The van der Waals surface area contributed by atoms with E-state index in [2.05, 4.69) is 64.7 Å². The van der Waals surface area contributed by atoms with Crippen molar-refractivity contribution >= 4 is 29.7 Å². The van der Waals surface area contributed by atoms with Crippen LogP contribution in [0.25, 0.3) is 0 Å². The summed E-state index contributed by atoms with van der Waals surface area (Å²) in [5.74, 6) is 0.825. The van der Waals surface area contributed by atoms with Gasteiger partial charge in [0.25, 0.3) is 0 Å². The molecule has 0 fully saturated rings. The molecule has 3 aromatic rings. The maximum Gasteiger partial charge on any atom is 0.118 e. The Morgan fingerprint density at radius 3 is 1.72 bits per heavy atom. The number of rotatable bonds is 7. The van der Waals surface area contributed by atoms with Gasteiger partial charge in [-0.2, -0.15) is 4.08 Å². The second-order valence-corrected chi connectivity index (χ2v) is 12.3. The lowest BCUT2D eigenvalue weighted by molar-refractivity contribution is 0.414. The fourth-order valence-electron chi connectivity index (χ4n) is 2.95. The molecule has 3 rings (SSSR count). The van der Waals surface area contributed by atoms with Crippen LogP contribution in [-0.4, -0.2) is 20.1 Å². The Hall–Kier alpha value is -2.00. The van der Waals surface area contributed by atoms with Crippen molar-refractivity contribution in [2.75, 3.05) is 7.11 Å². The van der Waals surface area contributed by atoms with Gasteiger partial charge in [-0.25, -0.2) is 4.21 Å². The zero-order chi connectivity index (χ0) is 20.9. The largest absolute Gasteiger partial charge is 0.497 e. The number of ether oxygens (including phenoxy) is 1. The maximum absolute atomic E-state index is 13.7. The van der Waals surface area contributed by atoms with Crippen LogP contribution in [0.15, 0.2) is 84.9 Å². The van der Waals surface area contributed by atoms with Crippen LogP contribution in [0.4, 0.5) is 0 Å². The van der Waals surface area contributed by atoms with Crippen LogP contribution >= 0.6 is 8.07 Å². The predicted octanol–water partition coefficient (Wildman–Crippen LogP) is 5.01. The van der Waals surface area contributed by atoms with Crippen LogP contribution in [0.2, 0.25) is 0 Å². The molecule has 0 amide bonds. The highest BCUT2D eigenvalue weighted by Gasteiger charge is 2.33. The summed E-state index contributed by atoms with van der Waals surface area (Å²) < 4.78 is 20.8. The van der Waals surface area contributed by atoms with Crippen molar-refractivity contribution in [1.82, 2.24) is 4.08 Å². The molecule has 152 valence electrons. The van der Waals surface area contributed by atoms with Crippen molar-refractivity contribution in [3.8, 4) is 5.75 Å². The van der Waals surface area contributed by atoms with Crippen molar-refractivity contribution in [2.24, 2.45) is 0 Å². The molecule has 0 heterocycles. The van der Waals surface area contributed by atoms with E-state index in [0.717, 1.165) is 11.3 Å². The van der Waals surface area contributed by atoms with E-state index >= 15 is 0 Å². The molecular weight excluding hydrogens is 397 g/mol. The third kappa shape index (κ3) is 5.54. The predicted molar refractivity (Wildman–Crippen MR) is 126 cm³/mol. The van der Waals surface area contributed by atoms with Gasteiger partial charge in [-0.15, -0.1) is 0 Å². The van der Waals surface area contributed by atoms with E-state index in [-0.39, 0.29) is 4.75 Å². The molecular formula is C24H28NO2PS. The standard InChI is InChI=1S/C24H28NO2PS/c1-24(2,3)29(26)25(19-20-15-17-21(27-4)18-16-20)28(22-11-7-5-8-12-22)23-13-9-6-10-14-23/h5-18H,19H2,1-4H3/t29-/m1/s1. The van der Waals surface area contributed by atoms with Crippen LogP contribution in [0, 0.1) is 0 Å². The monoisotopic (exact) mass is 425 g/mol. The molecule has 3 aromatic carbocycles. The Kier molecular flexibility index (Phi) is 7.23. The summed E-state index contributed by atoms with van der Waals surface area (Å²) in [5, 5.41) is 2.39. The third-order valence-corrected chi connectivity index (χ3v) is 9.07. The summed E-state index contributed by atoms with van der Waals surface area (Å²) in [6.45, 7) is 6.71. The molecule has 0 saturated heterocycles. The molecule has 0 aliphatic rings. The van der Waals surface area contributed by atoms with Gasteiger partial charge in [0.1, 0.15) is 16.7 Å². The lowest BCUT2D eigenvalue weighted by Crippen LogP contribution is -2.38. The first-order valence-electron chi connectivity index (χ1n) is 9.63. The summed E-state index contributed by atoms with van der Waals surface area (Å²) in [6.07, 6.45) is 0. The molecule has 1 atom stereocenters. The molecule has 5 heteroatoms. The van der Waals surface area contributed by atoms with Crippen LogP contribution in [0.1, 0.15) is 26.3 Å². The molecule has 0 spiro atoms. The van der Waals surface area contributed by atoms with Gasteiger partial charge < -0.3 is 4.74 Å². The zero-order valence-electron chi connectivity index (χ0n) is 17.4. The second kappa shape index (κ2) is 9.67. The third-order valence-electron chi connectivity index (χ3n) is 4.42. The minimum absolute atomic E-state index is 0.364. The Morgan fingerprint density at radius 2 is 1.31 bits per heavy atom. The van der Waals surface area contributed by atoms with Gasteiger partial charge in [0.2, 0.25) is 0 Å². The number of hydrogen-bond donors (Lipinski definition) is 0. The normalized spacial score (nSPS) is 12.9. The molecule has 0 saturated carbocycles. The quantitative estimate of drug-likeness (QED) is 0.498. The highest BCUT2D eigenvalue weighted by Crippen LogP contribution is 2.43. The zero-order valence-corrected chi connectivity index (χ0v) is 19.1. The van der Waals surface area contributed by atoms with Crippen molar-refractivity contribution in [3.63, 3.8) is 0 Å². The van der Waals surface area contributed by atoms with Gasteiger partial charge in [-0.1, -0.05) is 72.8 Å². The average molecular weight is 426 g/mol. The van der Waals surface area contributed by atoms with Gasteiger partial charge in [-0.05, 0) is 49.1 Å². The second-order valence-electron chi connectivity index (χ2n) is 7.70. The summed E-state index contributed by atoms with van der Waals surface area (Å²) in [4.78, 5) is 0. The SMILES string of the molecule is COc1ccc(CN(P(c2ccccc2)c2ccccc2)[S@](=O)C(C)(C)C)cc1. The molecule has 0 radical (unpaired) electrons. The number of nitrogens with zero attached hydrogens (tertiary/aromatic N) is 1. The Bertz CT molecular complexity index is 885. The molecule has 0 bridgehead atoms. The van der Waals surface area contributed by atoms with Gasteiger partial charge in [0, 0.05) is 14.6 Å². The minimum Gasteiger partial charge on any atom is -0.497 e. The smallest absolute Gasteiger partial charge is 0.118 e. The van der Waals surface area contributed by atoms with Crippen LogP contribution < -0.4 is 15.3 Å². The van der Waals surface area contributed by atoms with Gasteiger partial charge in [0.05, 0.1) is 11.9 Å². The molecule has 29 heavy (non-hydrogen) atoms. The number of methoxy groups -OCH3 is 1. The van der Waals surface area contributed by atoms with Crippen LogP contribution in [-0.2, 0) is 17.5 Å². The summed E-state index contributed by atoms with van der Waals surface area (Å²) >= 11 is 0. The van der Waals surface area contributed by atoms with E-state index in [0.29, 0.717) is 6.54 Å². The molecule has 0 N–H and O–H groups in total. The Labute approximate surface area is 178 Å². The molecule has 0 aliphatic carbocycles. The molecule has 0 unspecified atom stereocenters. The first-order chi connectivity index (χ1) is 13.9.